The molecule has 1 saturated carbocycles. The van der Waals surface area contributed by atoms with Crippen molar-refractivity contribution in [2.75, 3.05) is 19.8 Å². The summed E-state index contributed by atoms with van der Waals surface area (Å²) in [5, 5.41) is 15.2. The molecule has 4 amide bonds. The van der Waals surface area contributed by atoms with E-state index in [9.17, 15) is 33.5 Å². The molecule has 0 radical (unpaired) electrons. The van der Waals surface area contributed by atoms with Crippen LogP contribution >= 0.6 is 0 Å². The van der Waals surface area contributed by atoms with Crippen LogP contribution in [0.2, 0.25) is 0 Å². The van der Waals surface area contributed by atoms with Crippen molar-refractivity contribution in [3.8, 4) is 0 Å². The number of benzene rings is 1. The molecule has 1 aromatic carbocycles. The Hall–Kier alpha value is -4.20. The molecule has 4 aliphatic rings. The molecule has 13 nitrogen and oxygen atoms in total. The van der Waals surface area contributed by atoms with Gasteiger partial charge in [-0.2, -0.15) is 0 Å². The van der Waals surface area contributed by atoms with Crippen LogP contribution in [0.1, 0.15) is 57.6 Å². The van der Waals surface area contributed by atoms with Gasteiger partial charge in [-0.25, -0.2) is 18.8 Å². The fourth-order valence-corrected chi connectivity index (χ4v) is 5.99. The zero-order valence-electron chi connectivity index (χ0n) is 25.5. The first kappa shape index (κ1) is 32.2. The molecule has 5 rings (SSSR count). The minimum absolute atomic E-state index is 0.0119. The normalized spacial score (nSPS) is 29.2. The minimum Gasteiger partial charge on any atom is -0.479 e. The number of halogens is 1. The lowest BCUT2D eigenvalue weighted by molar-refractivity contribution is -0.145. The summed E-state index contributed by atoms with van der Waals surface area (Å²) in [7, 11) is 0. The van der Waals surface area contributed by atoms with Gasteiger partial charge in [0.05, 0.1) is 19.7 Å². The number of carbonyl (C=O) groups excluding carboxylic acids is 4. The maximum Gasteiger partial charge on any atom is 0.410 e. The molecule has 244 valence electrons. The minimum atomic E-state index is -1.53. The summed E-state index contributed by atoms with van der Waals surface area (Å²) in [4.78, 5) is 68.3. The number of ether oxygens (including phenoxy) is 3. The van der Waals surface area contributed by atoms with Crippen LogP contribution in [0.4, 0.5) is 14.0 Å². The summed E-state index contributed by atoms with van der Waals surface area (Å²) in [5.41, 5.74) is -1.31. The highest BCUT2D eigenvalue weighted by Gasteiger charge is 2.61. The summed E-state index contributed by atoms with van der Waals surface area (Å²) in [6.45, 7) is 5.42. The first-order chi connectivity index (χ1) is 21.3. The molecule has 14 heteroatoms. The number of carbonyl (C=O) groups is 5. The molecule has 3 aliphatic heterocycles. The number of nitrogens with zero attached hydrogens (tertiary/aromatic N) is 2. The molecule has 0 bridgehead atoms. The Bertz CT molecular complexity index is 1400. The third-order valence-corrected chi connectivity index (χ3v) is 8.38. The van der Waals surface area contributed by atoms with Crippen LogP contribution < -0.4 is 10.6 Å². The highest BCUT2D eigenvalue weighted by molar-refractivity contribution is 5.96. The van der Waals surface area contributed by atoms with Gasteiger partial charge < -0.3 is 34.9 Å². The van der Waals surface area contributed by atoms with Crippen molar-refractivity contribution < 1.29 is 47.7 Å². The largest absolute Gasteiger partial charge is 0.479 e. The van der Waals surface area contributed by atoms with Crippen LogP contribution in [0.15, 0.2) is 30.4 Å². The maximum atomic E-state index is 14.3. The van der Waals surface area contributed by atoms with Crippen molar-refractivity contribution in [2.45, 2.75) is 88.9 Å². The number of rotatable bonds is 3. The number of amides is 4. The molecule has 3 N–H and O–H groups in total. The predicted molar refractivity (Wildman–Crippen MR) is 155 cm³/mol. The van der Waals surface area contributed by atoms with Gasteiger partial charge in [0.1, 0.15) is 35.1 Å². The summed E-state index contributed by atoms with van der Waals surface area (Å²) in [6.07, 6.45) is 1.66. The lowest BCUT2D eigenvalue weighted by Crippen LogP contribution is -2.56. The molecule has 0 unspecified atom stereocenters. The Morgan fingerprint density at radius 3 is 2.67 bits per heavy atom. The third kappa shape index (κ3) is 7.21. The van der Waals surface area contributed by atoms with Crippen LogP contribution in [0.3, 0.4) is 0 Å². The average Bonchev–Trinajstić information content (AvgIpc) is 3.27. The van der Waals surface area contributed by atoms with Crippen LogP contribution in [-0.2, 0) is 41.7 Å². The van der Waals surface area contributed by atoms with Crippen LogP contribution in [0.25, 0.3) is 0 Å². The number of nitrogens with one attached hydrogen (secondary N) is 2. The fraction of sp³-hybridized carbons (Fsp3) is 0.581. The van der Waals surface area contributed by atoms with Gasteiger partial charge in [0.2, 0.25) is 11.8 Å². The Morgan fingerprint density at radius 2 is 1.96 bits per heavy atom. The number of carboxylic acid groups (broad SMARTS) is 1. The third-order valence-electron chi connectivity index (χ3n) is 8.38. The second-order valence-electron chi connectivity index (χ2n) is 12.9. The predicted octanol–water partition coefficient (Wildman–Crippen LogP) is 2.47. The van der Waals surface area contributed by atoms with E-state index in [0.717, 1.165) is 0 Å². The zero-order chi connectivity index (χ0) is 32.5. The Morgan fingerprint density at radius 1 is 1.18 bits per heavy atom. The lowest BCUT2D eigenvalue weighted by atomic mass is 10.1. The average molecular weight is 631 g/mol. The molecule has 3 heterocycles. The molecule has 0 aromatic heterocycles. The van der Waals surface area contributed by atoms with Gasteiger partial charge in [-0.15, -0.1) is 0 Å². The molecule has 1 saturated heterocycles. The van der Waals surface area contributed by atoms with E-state index in [-0.39, 0.29) is 45.5 Å². The highest BCUT2D eigenvalue weighted by atomic mass is 19.1. The number of carboxylic acids is 1. The van der Waals surface area contributed by atoms with Crippen molar-refractivity contribution >= 4 is 30.0 Å². The summed E-state index contributed by atoms with van der Waals surface area (Å²) < 4.78 is 31.0. The summed E-state index contributed by atoms with van der Waals surface area (Å²) in [5.74, 6) is -3.41. The van der Waals surface area contributed by atoms with Gasteiger partial charge in [0, 0.05) is 37.5 Å². The van der Waals surface area contributed by atoms with Gasteiger partial charge in [-0.1, -0.05) is 24.3 Å². The van der Waals surface area contributed by atoms with Crippen molar-refractivity contribution in [1.82, 2.24) is 20.4 Å². The quantitative estimate of drug-likeness (QED) is 0.426. The molecule has 1 aliphatic carbocycles. The van der Waals surface area contributed by atoms with E-state index in [1.54, 1.807) is 45.1 Å². The van der Waals surface area contributed by atoms with Gasteiger partial charge in [0.25, 0.3) is 0 Å². The molecule has 0 spiro atoms. The number of hydrogen-bond acceptors (Lipinski definition) is 8. The van der Waals surface area contributed by atoms with Crippen molar-refractivity contribution in [1.29, 1.82) is 0 Å². The first-order valence-electron chi connectivity index (χ1n) is 15.1. The number of aliphatic carboxylic acids is 1. The maximum absolute atomic E-state index is 14.3. The molecular weight excluding hydrogens is 591 g/mol. The first-order valence-corrected chi connectivity index (χ1v) is 15.1. The van der Waals surface area contributed by atoms with E-state index >= 15 is 0 Å². The van der Waals surface area contributed by atoms with Crippen LogP contribution in [0.5, 0.6) is 0 Å². The van der Waals surface area contributed by atoms with E-state index < -0.39 is 71.0 Å². The molecule has 5 atom stereocenters. The summed E-state index contributed by atoms with van der Waals surface area (Å²) >= 11 is 0. The molecular formula is C31H39FN4O9. The Kier molecular flexibility index (Phi) is 9.06. The standard InChI is InChI=1S/C31H39FN4O9/c1-30(2,3)45-28(41)33-23-10-12-43-11-5-4-8-19-14-31(19,27(39)40)34-25(37)24-13-20(16-36(24)26(23)38)44-29(42)35-15-18-7-6-9-22(32)21(18)17-35/h4,6-9,19-20,23-24H,5,10-17H2,1-3H3,(H,33,41)(H,34,37)(H,39,40)/b8-4-/t19-,20-,23+,24+,31-/m1/s1. The molecule has 1 aromatic rings. The smallest absolute Gasteiger partial charge is 0.410 e. The lowest BCUT2D eigenvalue weighted by Gasteiger charge is -2.30. The molecule has 45 heavy (non-hydrogen) atoms. The Balaban J connectivity index is 1.37. The second-order valence-corrected chi connectivity index (χ2v) is 12.9. The van der Waals surface area contributed by atoms with Gasteiger partial charge in [-0.05, 0) is 45.2 Å². The number of hydrogen-bond donors (Lipinski definition) is 3. The van der Waals surface area contributed by atoms with E-state index in [1.165, 1.54) is 15.9 Å². The van der Waals surface area contributed by atoms with Crippen molar-refractivity contribution in [3.05, 3.63) is 47.3 Å². The zero-order valence-corrected chi connectivity index (χ0v) is 25.5. The number of alkyl carbamates (subject to hydrolysis) is 1. The van der Waals surface area contributed by atoms with Crippen LogP contribution in [0, 0.1) is 11.7 Å². The van der Waals surface area contributed by atoms with E-state index in [1.807, 2.05) is 0 Å². The van der Waals surface area contributed by atoms with E-state index in [4.69, 9.17) is 14.2 Å². The van der Waals surface area contributed by atoms with Crippen LogP contribution in [-0.4, -0.2) is 94.0 Å². The van der Waals surface area contributed by atoms with E-state index in [2.05, 4.69) is 10.6 Å². The summed E-state index contributed by atoms with van der Waals surface area (Å²) in [6, 6.07) is 2.26. The van der Waals surface area contributed by atoms with Crippen molar-refractivity contribution in [3.63, 3.8) is 0 Å². The van der Waals surface area contributed by atoms with E-state index in [0.29, 0.717) is 24.2 Å². The molecule has 2 fully saturated rings. The Labute approximate surface area is 260 Å². The SMILES string of the molecule is CC(C)(C)OC(=O)N[C@H]1CCOCC/C=C\[C@@H]2C[C@@]2(C(=O)O)NC(=O)[C@@H]2C[C@@H](OC(=O)N3Cc4cccc(F)c4C3)CN2C1=O. The topological polar surface area (TPSA) is 164 Å². The van der Waals surface area contributed by atoms with Gasteiger partial charge >= 0.3 is 18.2 Å². The van der Waals surface area contributed by atoms with Gasteiger partial charge in [-0.3, -0.25) is 14.5 Å². The highest BCUT2D eigenvalue weighted by Crippen LogP contribution is 2.45. The van der Waals surface area contributed by atoms with Crippen molar-refractivity contribution in [2.24, 2.45) is 5.92 Å². The fourth-order valence-electron chi connectivity index (χ4n) is 5.99. The number of fused-ring (bicyclic) bond motifs is 3. The second kappa shape index (κ2) is 12.7. The van der Waals surface area contributed by atoms with Gasteiger partial charge in [0.15, 0.2) is 0 Å². The monoisotopic (exact) mass is 630 g/mol.